The molecule has 0 radical (unpaired) electrons. The molecule has 1 heterocycles. The van der Waals surface area contributed by atoms with E-state index in [0.29, 0.717) is 12.8 Å². The monoisotopic (exact) mass is 271 g/mol. The van der Waals surface area contributed by atoms with Gasteiger partial charge in [0, 0.05) is 24.1 Å². The summed E-state index contributed by atoms with van der Waals surface area (Å²) in [7, 11) is 0. The first-order valence-electron chi connectivity index (χ1n) is 6.05. The highest BCUT2D eigenvalue weighted by Gasteiger charge is 2.17. The smallest absolute Gasteiger partial charge is 0.220 e. The van der Waals surface area contributed by atoms with Crippen molar-refractivity contribution in [2.24, 2.45) is 0 Å². The van der Waals surface area contributed by atoms with Gasteiger partial charge in [-0.1, -0.05) is 0 Å². The third-order valence-electron chi connectivity index (χ3n) is 2.82. The molecular weight excluding hydrogens is 250 g/mol. The summed E-state index contributed by atoms with van der Waals surface area (Å²) < 4.78 is 5.40. The molecule has 0 aliphatic rings. The Balaban J connectivity index is 2.33. The minimum Gasteiger partial charge on any atom is -0.466 e. The van der Waals surface area contributed by atoms with Crippen LogP contribution in [-0.4, -0.2) is 35.2 Å². The van der Waals surface area contributed by atoms with Crippen molar-refractivity contribution in [1.29, 1.82) is 0 Å². The van der Waals surface area contributed by atoms with Crippen LogP contribution < -0.4 is 5.32 Å². The summed E-state index contributed by atoms with van der Waals surface area (Å²) in [5.74, 6) is 1.68. The van der Waals surface area contributed by atoms with E-state index in [1.807, 2.05) is 32.2 Å². The van der Waals surface area contributed by atoms with Crippen molar-refractivity contribution in [2.45, 2.75) is 38.0 Å². The molecule has 0 spiro atoms. The normalized spacial score (nSPS) is 14.2. The maximum atomic E-state index is 11.7. The number of thioether (sulfide) groups is 1. The fourth-order valence-electron chi connectivity index (χ4n) is 1.71. The Labute approximate surface area is 112 Å². The number of hydrogen-bond acceptors (Lipinski definition) is 4. The summed E-state index contributed by atoms with van der Waals surface area (Å²) in [6.07, 6.45) is 2.94. The number of carbonyl (C=O) groups excluding carboxylic acids is 1. The largest absolute Gasteiger partial charge is 0.466 e. The van der Waals surface area contributed by atoms with E-state index in [-0.39, 0.29) is 23.8 Å². The molecule has 1 aromatic heterocycles. The molecular formula is C13H21NO3S. The molecule has 0 bridgehead atoms. The second-order valence-electron chi connectivity index (χ2n) is 4.33. The maximum Gasteiger partial charge on any atom is 0.220 e. The van der Waals surface area contributed by atoms with Crippen LogP contribution in [0.15, 0.2) is 16.5 Å². The highest BCUT2D eigenvalue weighted by molar-refractivity contribution is 7.99. The molecule has 0 aliphatic heterocycles. The van der Waals surface area contributed by atoms with E-state index in [4.69, 9.17) is 9.52 Å². The van der Waals surface area contributed by atoms with Gasteiger partial charge in [-0.15, -0.1) is 0 Å². The van der Waals surface area contributed by atoms with E-state index in [2.05, 4.69) is 5.32 Å². The van der Waals surface area contributed by atoms with Gasteiger partial charge in [0.05, 0.1) is 6.61 Å². The zero-order valence-electron chi connectivity index (χ0n) is 11.1. The van der Waals surface area contributed by atoms with Crippen LogP contribution in [0.5, 0.6) is 0 Å². The molecule has 0 aliphatic carbocycles. The Morgan fingerprint density at radius 2 is 2.28 bits per heavy atom. The second-order valence-corrected chi connectivity index (χ2v) is 5.40. The molecule has 102 valence electrons. The second kappa shape index (κ2) is 7.48. The summed E-state index contributed by atoms with van der Waals surface area (Å²) in [4.78, 5) is 11.7. The lowest BCUT2D eigenvalue weighted by molar-refractivity contribution is -0.121. The Morgan fingerprint density at radius 1 is 1.56 bits per heavy atom. The van der Waals surface area contributed by atoms with Crippen molar-refractivity contribution < 1.29 is 14.3 Å². The van der Waals surface area contributed by atoms with E-state index in [1.54, 1.807) is 11.8 Å². The quantitative estimate of drug-likeness (QED) is 0.793. The van der Waals surface area contributed by atoms with Crippen LogP contribution in [0.25, 0.3) is 0 Å². The molecule has 0 unspecified atom stereocenters. The van der Waals surface area contributed by atoms with E-state index >= 15 is 0 Å². The van der Waals surface area contributed by atoms with Gasteiger partial charge in [-0.05, 0) is 32.2 Å². The number of amides is 1. The van der Waals surface area contributed by atoms with Crippen molar-refractivity contribution in [2.75, 3.05) is 12.9 Å². The van der Waals surface area contributed by atoms with Crippen LogP contribution in [0.1, 0.15) is 24.9 Å². The lowest BCUT2D eigenvalue weighted by atomic mass is 10.2. The maximum absolute atomic E-state index is 11.7. The summed E-state index contributed by atoms with van der Waals surface area (Å²) in [6.45, 7) is 3.86. The van der Waals surface area contributed by atoms with Gasteiger partial charge < -0.3 is 14.8 Å². The standard InChI is InChI=1S/C13H21NO3S/c1-9-4-5-11(17-9)6-7-13(16)14-10(2)12(8-15)18-3/h4-5,10,12,15H,6-8H2,1-3H3,(H,14,16)/t10-,12-/m0/s1. The average molecular weight is 271 g/mol. The SMILES string of the molecule is CS[C@@H](CO)[C@H](C)NC(=O)CCc1ccc(C)o1. The molecule has 0 fully saturated rings. The van der Waals surface area contributed by atoms with E-state index in [1.165, 1.54) is 0 Å². The van der Waals surface area contributed by atoms with Gasteiger partial charge >= 0.3 is 0 Å². The Kier molecular flexibility index (Phi) is 6.29. The molecule has 5 heteroatoms. The van der Waals surface area contributed by atoms with Gasteiger partial charge in [0.25, 0.3) is 0 Å². The highest BCUT2D eigenvalue weighted by atomic mass is 32.2. The zero-order valence-corrected chi connectivity index (χ0v) is 11.9. The lowest BCUT2D eigenvalue weighted by Crippen LogP contribution is -2.41. The molecule has 0 saturated carbocycles. The molecule has 1 aromatic rings. The van der Waals surface area contributed by atoms with Gasteiger partial charge in [-0.2, -0.15) is 11.8 Å². The summed E-state index contributed by atoms with van der Waals surface area (Å²) in [6, 6.07) is 3.76. The van der Waals surface area contributed by atoms with Gasteiger partial charge in [0.15, 0.2) is 0 Å². The van der Waals surface area contributed by atoms with Crippen molar-refractivity contribution >= 4 is 17.7 Å². The third-order valence-corrected chi connectivity index (χ3v) is 3.99. The van der Waals surface area contributed by atoms with Crippen molar-refractivity contribution in [3.8, 4) is 0 Å². The fraction of sp³-hybridized carbons (Fsp3) is 0.615. The first kappa shape index (κ1) is 15.1. The zero-order chi connectivity index (χ0) is 13.5. The number of furan rings is 1. The Hall–Kier alpha value is -0.940. The van der Waals surface area contributed by atoms with Crippen molar-refractivity contribution in [3.63, 3.8) is 0 Å². The number of carbonyl (C=O) groups is 1. The topological polar surface area (TPSA) is 62.5 Å². The average Bonchev–Trinajstić information content (AvgIpc) is 2.74. The van der Waals surface area contributed by atoms with Crippen LogP contribution in [-0.2, 0) is 11.2 Å². The molecule has 2 N–H and O–H groups in total. The number of nitrogens with one attached hydrogen (secondary N) is 1. The van der Waals surface area contributed by atoms with Crippen LogP contribution in [0.4, 0.5) is 0 Å². The molecule has 18 heavy (non-hydrogen) atoms. The summed E-state index contributed by atoms with van der Waals surface area (Å²) >= 11 is 1.55. The van der Waals surface area contributed by atoms with Gasteiger partial charge in [-0.25, -0.2) is 0 Å². The molecule has 2 atom stereocenters. The molecule has 1 rings (SSSR count). The van der Waals surface area contributed by atoms with Crippen molar-refractivity contribution in [3.05, 3.63) is 23.7 Å². The van der Waals surface area contributed by atoms with E-state index in [0.717, 1.165) is 11.5 Å². The fourth-order valence-corrected chi connectivity index (χ4v) is 2.34. The Bertz CT molecular complexity index is 374. The van der Waals surface area contributed by atoms with Crippen LogP contribution in [0.3, 0.4) is 0 Å². The van der Waals surface area contributed by atoms with E-state index < -0.39 is 0 Å². The molecule has 1 amide bonds. The molecule has 4 nitrogen and oxygen atoms in total. The number of aliphatic hydroxyl groups is 1. The predicted molar refractivity (Wildman–Crippen MR) is 73.8 cm³/mol. The van der Waals surface area contributed by atoms with Gasteiger partial charge in [0.2, 0.25) is 5.91 Å². The van der Waals surface area contributed by atoms with Crippen LogP contribution in [0, 0.1) is 6.92 Å². The number of aliphatic hydroxyl groups excluding tert-OH is 1. The first-order chi connectivity index (χ1) is 8.56. The van der Waals surface area contributed by atoms with Gasteiger partial charge in [-0.3, -0.25) is 4.79 Å². The van der Waals surface area contributed by atoms with Gasteiger partial charge in [0.1, 0.15) is 11.5 Å². The van der Waals surface area contributed by atoms with Crippen LogP contribution >= 0.6 is 11.8 Å². The molecule has 0 saturated heterocycles. The third kappa shape index (κ3) is 4.74. The molecule has 0 aromatic carbocycles. The number of rotatable bonds is 7. The van der Waals surface area contributed by atoms with Crippen molar-refractivity contribution in [1.82, 2.24) is 5.32 Å². The Morgan fingerprint density at radius 3 is 2.78 bits per heavy atom. The lowest BCUT2D eigenvalue weighted by Gasteiger charge is -2.21. The summed E-state index contributed by atoms with van der Waals surface area (Å²) in [5.41, 5.74) is 0. The van der Waals surface area contributed by atoms with Crippen LogP contribution in [0.2, 0.25) is 0 Å². The minimum atomic E-state index is -0.0316. The number of hydrogen-bond donors (Lipinski definition) is 2. The van der Waals surface area contributed by atoms with E-state index in [9.17, 15) is 4.79 Å². The summed E-state index contributed by atoms with van der Waals surface area (Å²) in [5, 5.41) is 12.1. The highest BCUT2D eigenvalue weighted by Crippen LogP contribution is 2.11. The predicted octanol–water partition coefficient (Wildman–Crippen LogP) is 1.75. The minimum absolute atomic E-state index is 0.0101. The number of aryl methyl sites for hydroxylation is 2. The first-order valence-corrected chi connectivity index (χ1v) is 7.34.